The molecule has 0 fully saturated rings. The molecule has 3 N–H and O–H groups in total. The third kappa shape index (κ3) is 5.02. The fourth-order valence-corrected chi connectivity index (χ4v) is 4.62. The molecule has 3 rings (SSSR count). The number of primary amides is 1. The van der Waals surface area contributed by atoms with Crippen molar-refractivity contribution in [1.82, 2.24) is 0 Å². The van der Waals surface area contributed by atoms with E-state index in [0.29, 0.717) is 10.6 Å². The van der Waals surface area contributed by atoms with Gasteiger partial charge in [-0.1, -0.05) is 17.7 Å². The SMILES string of the molecule is NC(=O)c1c(NC(=O)COC(=O)/C=C/c2c(F)cccc2Cl)sc2c1CCCC2. The second kappa shape index (κ2) is 9.19. The predicted molar refractivity (Wildman–Crippen MR) is 110 cm³/mol. The van der Waals surface area contributed by atoms with E-state index in [1.54, 1.807) is 0 Å². The van der Waals surface area contributed by atoms with Crippen molar-refractivity contribution in [3.8, 4) is 0 Å². The summed E-state index contributed by atoms with van der Waals surface area (Å²) in [7, 11) is 0. The van der Waals surface area contributed by atoms with Crippen LogP contribution in [0.3, 0.4) is 0 Å². The van der Waals surface area contributed by atoms with Gasteiger partial charge < -0.3 is 15.8 Å². The van der Waals surface area contributed by atoms with Crippen molar-refractivity contribution >= 4 is 51.8 Å². The molecule has 0 atom stereocenters. The number of halogens is 2. The van der Waals surface area contributed by atoms with Crippen LogP contribution in [0.15, 0.2) is 24.3 Å². The highest BCUT2D eigenvalue weighted by molar-refractivity contribution is 7.17. The van der Waals surface area contributed by atoms with Gasteiger partial charge in [0, 0.05) is 16.5 Å². The van der Waals surface area contributed by atoms with E-state index in [4.69, 9.17) is 22.1 Å². The normalized spacial score (nSPS) is 13.2. The molecule has 152 valence electrons. The Balaban J connectivity index is 1.60. The Hall–Kier alpha value is -2.71. The number of thiophene rings is 1. The van der Waals surface area contributed by atoms with Crippen LogP contribution in [-0.4, -0.2) is 24.4 Å². The number of amides is 2. The summed E-state index contributed by atoms with van der Waals surface area (Å²) in [5.74, 6) is -2.61. The number of benzene rings is 1. The Morgan fingerprint density at radius 1 is 1.28 bits per heavy atom. The Morgan fingerprint density at radius 3 is 2.76 bits per heavy atom. The van der Waals surface area contributed by atoms with Gasteiger partial charge in [0.25, 0.3) is 11.8 Å². The molecule has 0 spiro atoms. The van der Waals surface area contributed by atoms with Crippen LogP contribution in [0, 0.1) is 5.82 Å². The summed E-state index contributed by atoms with van der Waals surface area (Å²) in [6.07, 6.45) is 5.74. The number of ether oxygens (including phenoxy) is 1. The van der Waals surface area contributed by atoms with E-state index in [1.807, 2.05) is 0 Å². The number of hydrogen-bond donors (Lipinski definition) is 2. The smallest absolute Gasteiger partial charge is 0.331 e. The molecule has 6 nitrogen and oxygen atoms in total. The first-order valence-electron chi connectivity index (χ1n) is 8.90. The quantitative estimate of drug-likeness (QED) is 0.532. The third-order valence-electron chi connectivity index (χ3n) is 4.40. The summed E-state index contributed by atoms with van der Waals surface area (Å²) in [6, 6.07) is 4.14. The zero-order valence-corrected chi connectivity index (χ0v) is 16.9. The van der Waals surface area contributed by atoms with Crippen LogP contribution in [0.4, 0.5) is 9.39 Å². The number of rotatable bonds is 6. The number of nitrogens with two attached hydrogens (primary N) is 1. The molecule has 1 aliphatic carbocycles. The van der Waals surface area contributed by atoms with Crippen LogP contribution < -0.4 is 11.1 Å². The van der Waals surface area contributed by atoms with Crippen LogP contribution in [0.1, 0.15) is 39.2 Å². The summed E-state index contributed by atoms with van der Waals surface area (Å²) in [5, 5.41) is 3.11. The van der Waals surface area contributed by atoms with Crippen molar-refractivity contribution in [2.75, 3.05) is 11.9 Å². The molecular formula is C20H18ClFN2O4S. The highest BCUT2D eigenvalue weighted by Gasteiger charge is 2.25. The van der Waals surface area contributed by atoms with Gasteiger partial charge in [-0.25, -0.2) is 9.18 Å². The molecule has 2 aromatic rings. The topological polar surface area (TPSA) is 98.5 Å². The molecular weight excluding hydrogens is 419 g/mol. The molecule has 2 amide bonds. The minimum atomic E-state index is -0.833. The molecule has 0 unspecified atom stereocenters. The summed E-state index contributed by atoms with van der Waals surface area (Å²) in [5.41, 5.74) is 6.75. The number of carbonyl (C=O) groups is 3. The molecule has 0 radical (unpaired) electrons. The fraction of sp³-hybridized carbons (Fsp3) is 0.250. The zero-order valence-electron chi connectivity index (χ0n) is 15.3. The number of aryl methyl sites for hydroxylation is 1. The van der Waals surface area contributed by atoms with Crippen molar-refractivity contribution in [3.05, 3.63) is 56.7 Å². The maximum absolute atomic E-state index is 13.7. The van der Waals surface area contributed by atoms with Gasteiger partial charge in [0.1, 0.15) is 10.8 Å². The average Bonchev–Trinajstić information content (AvgIpc) is 3.04. The molecule has 0 saturated carbocycles. The largest absolute Gasteiger partial charge is 0.452 e. The lowest BCUT2D eigenvalue weighted by Gasteiger charge is -2.11. The lowest BCUT2D eigenvalue weighted by Crippen LogP contribution is -2.22. The van der Waals surface area contributed by atoms with E-state index >= 15 is 0 Å². The zero-order chi connectivity index (χ0) is 21.0. The number of fused-ring (bicyclic) bond motifs is 1. The lowest BCUT2D eigenvalue weighted by atomic mass is 9.95. The van der Waals surface area contributed by atoms with E-state index < -0.39 is 30.2 Å². The summed E-state index contributed by atoms with van der Waals surface area (Å²) in [6.45, 7) is -0.561. The second-order valence-corrected chi connectivity index (χ2v) is 7.92. The van der Waals surface area contributed by atoms with Crippen molar-refractivity contribution in [3.63, 3.8) is 0 Å². The van der Waals surface area contributed by atoms with Crippen LogP contribution in [0.2, 0.25) is 5.02 Å². The minimum Gasteiger partial charge on any atom is -0.452 e. The van der Waals surface area contributed by atoms with Crippen LogP contribution in [0.5, 0.6) is 0 Å². The van der Waals surface area contributed by atoms with E-state index in [1.165, 1.54) is 35.6 Å². The first-order chi connectivity index (χ1) is 13.9. The minimum absolute atomic E-state index is 0.0471. The third-order valence-corrected chi connectivity index (χ3v) is 5.94. The van der Waals surface area contributed by atoms with E-state index in [2.05, 4.69) is 5.32 Å². The molecule has 29 heavy (non-hydrogen) atoms. The average molecular weight is 437 g/mol. The summed E-state index contributed by atoms with van der Waals surface area (Å²) >= 11 is 7.19. The molecule has 1 aromatic carbocycles. The van der Waals surface area contributed by atoms with Gasteiger partial charge >= 0.3 is 5.97 Å². The molecule has 0 bridgehead atoms. The first-order valence-corrected chi connectivity index (χ1v) is 10.1. The lowest BCUT2D eigenvalue weighted by molar-refractivity contribution is -0.142. The molecule has 1 aliphatic rings. The van der Waals surface area contributed by atoms with Crippen LogP contribution >= 0.6 is 22.9 Å². The predicted octanol–water partition coefficient (Wildman–Crippen LogP) is 3.71. The van der Waals surface area contributed by atoms with Crippen LogP contribution in [0.25, 0.3) is 6.08 Å². The Bertz CT molecular complexity index is 982. The number of nitrogens with one attached hydrogen (secondary N) is 1. The Morgan fingerprint density at radius 2 is 2.03 bits per heavy atom. The maximum atomic E-state index is 13.7. The monoisotopic (exact) mass is 436 g/mol. The van der Waals surface area contributed by atoms with E-state index in [0.717, 1.165) is 42.2 Å². The highest BCUT2D eigenvalue weighted by Crippen LogP contribution is 2.37. The maximum Gasteiger partial charge on any atom is 0.331 e. The number of anilines is 1. The molecule has 0 aliphatic heterocycles. The van der Waals surface area contributed by atoms with Gasteiger partial charge in [-0.3, -0.25) is 9.59 Å². The number of hydrogen-bond acceptors (Lipinski definition) is 5. The molecule has 0 saturated heterocycles. The molecule has 9 heteroatoms. The fourth-order valence-electron chi connectivity index (χ4n) is 3.08. The Labute approximate surface area is 175 Å². The highest BCUT2D eigenvalue weighted by atomic mass is 35.5. The van der Waals surface area contributed by atoms with E-state index in [-0.39, 0.29) is 10.6 Å². The van der Waals surface area contributed by atoms with Crippen molar-refractivity contribution < 1.29 is 23.5 Å². The van der Waals surface area contributed by atoms with Crippen molar-refractivity contribution in [2.24, 2.45) is 5.73 Å². The van der Waals surface area contributed by atoms with Gasteiger partial charge in [0.15, 0.2) is 6.61 Å². The van der Waals surface area contributed by atoms with Crippen LogP contribution in [-0.2, 0) is 27.2 Å². The van der Waals surface area contributed by atoms with Gasteiger partial charge in [0.05, 0.1) is 10.6 Å². The molecule has 1 heterocycles. The number of carbonyl (C=O) groups excluding carboxylic acids is 3. The van der Waals surface area contributed by atoms with Gasteiger partial charge in [-0.2, -0.15) is 0 Å². The van der Waals surface area contributed by atoms with Gasteiger partial charge in [-0.05, 0) is 49.5 Å². The van der Waals surface area contributed by atoms with Gasteiger partial charge in [0.2, 0.25) is 0 Å². The summed E-state index contributed by atoms with van der Waals surface area (Å²) in [4.78, 5) is 36.8. The standard InChI is InChI=1S/C20H18ClFN2O4S/c21-13-5-3-6-14(22)11(13)8-9-17(26)28-10-16(25)24-20-18(19(23)27)12-4-1-2-7-15(12)29-20/h3,5-6,8-9H,1-2,4,7,10H2,(H2,23,27)(H,24,25)/b9-8+. The van der Waals surface area contributed by atoms with Gasteiger partial charge in [-0.15, -0.1) is 11.3 Å². The first kappa shape index (κ1) is 21.0. The molecule has 1 aromatic heterocycles. The Kier molecular flexibility index (Phi) is 6.66. The van der Waals surface area contributed by atoms with E-state index in [9.17, 15) is 18.8 Å². The second-order valence-electron chi connectivity index (χ2n) is 6.40. The summed E-state index contributed by atoms with van der Waals surface area (Å²) < 4.78 is 18.5. The van der Waals surface area contributed by atoms with Crippen molar-refractivity contribution in [1.29, 1.82) is 0 Å². The van der Waals surface area contributed by atoms with Crippen molar-refractivity contribution in [2.45, 2.75) is 25.7 Å². The number of esters is 1.